The van der Waals surface area contributed by atoms with Crippen LogP contribution in [0, 0.1) is 13.8 Å². The van der Waals surface area contributed by atoms with Crippen LogP contribution in [-0.4, -0.2) is 54.2 Å². The van der Waals surface area contributed by atoms with Gasteiger partial charge in [0.05, 0.1) is 7.11 Å². The predicted octanol–water partition coefficient (Wildman–Crippen LogP) is 3.05. The molecule has 2 aromatic rings. The Bertz CT molecular complexity index is 809. The second-order valence-electron chi connectivity index (χ2n) is 7.02. The second kappa shape index (κ2) is 8.39. The van der Waals surface area contributed by atoms with E-state index in [0.29, 0.717) is 12.3 Å². The van der Waals surface area contributed by atoms with Crippen molar-refractivity contribution in [1.29, 1.82) is 0 Å². The highest BCUT2D eigenvalue weighted by Gasteiger charge is 2.31. The van der Waals surface area contributed by atoms with Gasteiger partial charge < -0.3 is 14.7 Å². The fourth-order valence-corrected chi connectivity index (χ4v) is 3.81. The third-order valence-corrected chi connectivity index (χ3v) is 5.14. The molecule has 0 bridgehead atoms. The lowest BCUT2D eigenvalue weighted by atomic mass is 10.0. The van der Waals surface area contributed by atoms with Gasteiger partial charge in [-0.05, 0) is 38.0 Å². The lowest BCUT2D eigenvalue weighted by Gasteiger charge is -2.29. The maximum absolute atomic E-state index is 12.2. The minimum atomic E-state index is -0.840. The monoisotopic (exact) mass is 369 g/mol. The van der Waals surface area contributed by atoms with Crippen LogP contribution >= 0.6 is 0 Å². The lowest BCUT2D eigenvalue weighted by Crippen LogP contribution is -2.37. The summed E-state index contributed by atoms with van der Waals surface area (Å²) in [7, 11) is 1.59. The molecule has 1 aliphatic rings. The van der Waals surface area contributed by atoms with Gasteiger partial charge in [0.25, 0.3) is 0 Å². The zero-order valence-electron chi connectivity index (χ0n) is 16.2. The Kier molecular flexibility index (Phi) is 5.96. The van der Waals surface area contributed by atoms with Crippen molar-refractivity contribution < 1.29 is 14.6 Å². The average Bonchev–Trinajstić information content (AvgIpc) is 2.88. The van der Waals surface area contributed by atoms with Crippen molar-refractivity contribution in [1.82, 2.24) is 9.88 Å². The van der Waals surface area contributed by atoms with Gasteiger partial charge in [0.15, 0.2) is 0 Å². The first kappa shape index (κ1) is 19.2. The van der Waals surface area contributed by atoms with E-state index in [2.05, 4.69) is 21.7 Å². The normalized spacial score (nSPS) is 16.6. The van der Waals surface area contributed by atoms with Crippen LogP contribution in [0.4, 0.5) is 5.69 Å². The van der Waals surface area contributed by atoms with Crippen molar-refractivity contribution >= 4 is 11.7 Å². The number of carbonyl (C=O) groups is 1. The Hall–Kier alpha value is -2.60. The molecule has 1 fully saturated rings. The predicted molar refractivity (Wildman–Crippen MR) is 105 cm³/mol. The van der Waals surface area contributed by atoms with Gasteiger partial charge in [-0.1, -0.05) is 17.7 Å². The molecule has 1 aliphatic heterocycles. The molecule has 0 amide bonds. The van der Waals surface area contributed by atoms with Crippen LogP contribution in [-0.2, 0) is 4.79 Å². The van der Waals surface area contributed by atoms with Crippen LogP contribution in [0.1, 0.15) is 29.2 Å². The zero-order valence-corrected chi connectivity index (χ0v) is 16.2. The van der Waals surface area contributed by atoms with Gasteiger partial charge in [0, 0.05) is 49.8 Å². The van der Waals surface area contributed by atoms with Gasteiger partial charge in [-0.2, -0.15) is 0 Å². The molecular formula is C21H27N3O3. The smallest absolute Gasteiger partial charge is 0.325 e. The van der Waals surface area contributed by atoms with Crippen molar-refractivity contribution in [2.75, 3.05) is 38.2 Å². The molecule has 27 heavy (non-hydrogen) atoms. The SMILES string of the molecule is COc1ccc(C)cc1C(C(=O)O)N1CCCN(c2ccncc2C)CC1. The van der Waals surface area contributed by atoms with Crippen molar-refractivity contribution in [2.45, 2.75) is 26.3 Å². The third kappa shape index (κ3) is 4.22. The van der Waals surface area contributed by atoms with Crippen molar-refractivity contribution in [2.24, 2.45) is 0 Å². The molecule has 6 heteroatoms. The van der Waals surface area contributed by atoms with E-state index in [1.807, 2.05) is 43.6 Å². The van der Waals surface area contributed by atoms with Crippen LogP contribution in [0.25, 0.3) is 0 Å². The summed E-state index contributed by atoms with van der Waals surface area (Å²) >= 11 is 0. The van der Waals surface area contributed by atoms with Crippen molar-refractivity contribution in [3.05, 3.63) is 53.3 Å². The molecule has 0 radical (unpaired) electrons. The molecule has 0 saturated carbocycles. The number of aromatic nitrogens is 1. The van der Waals surface area contributed by atoms with Gasteiger partial charge in [0.1, 0.15) is 11.8 Å². The first-order valence-electron chi connectivity index (χ1n) is 9.28. The van der Waals surface area contributed by atoms with Gasteiger partial charge >= 0.3 is 5.97 Å². The Labute approximate surface area is 160 Å². The summed E-state index contributed by atoms with van der Waals surface area (Å²) in [4.78, 5) is 20.7. The van der Waals surface area contributed by atoms with E-state index in [-0.39, 0.29) is 0 Å². The number of carboxylic acid groups (broad SMARTS) is 1. The molecule has 1 N–H and O–H groups in total. The van der Waals surface area contributed by atoms with Crippen LogP contribution in [0.2, 0.25) is 0 Å². The summed E-state index contributed by atoms with van der Waals surface area (Å²) in [6.07, 6.45) is 4.58. The zero-order chi connectivity index (χ0) is 19.4. The summed E-state index contributed by atoms with van der Waals surface area (Å²) in [5, 5.41) is 9.99. The lowest BCUT2D eigenvalue weighted by molar-refractivity contribution is -0.143. The number of nitrogens with zero attached hydrogens (tertiary/aromatic N) is 3. The molecule has 1 saturated heterocycles. The molecule has 144 valence electrons. The fraction of sp³-hybridized carbons (Fsp3) is 0.429. The number of aryl methyl sites for hydroxylation is 2. The molecule has 1 atom stereocenters. The first-order valence-corrected chi connectivity index (χ1v) is 9.28. The van der Waals surface area contributed by atoms with Crippen LogP contribution in [0.5, 0.6) is 5.75 Å². The molecule has 1 aromatic heterocycles. The number of aliphatic carboxylic acids is 1. The number of rotatable bonds is 5. The highest BCUT2D eigenvalue weighted by atomic mass is 16.5. The highest BCUT2D eigenvalue weighted by Crippen LogP contribution is 2.32. The molecule has 2 heterocycles. The van der Waals surface area contributed by atoms with E-state index < -0.39 is 12.0 Å². The van der Waals surface area contributed by atoms with Crippen LogP contribution in [0.15, 0.2) is 36.7 Å². The number of carboxylic acids is 1. The quantitative estimate of drug-likeness (QED) is 0.874. The number of methoxy groups -OCH3 is 1. The molecule has 1 unspecified atom stereocenters. The van der Waals surface area contributed by atoms with Crippen LogP contribution < -0.4 is 9.64 Å². The van der Waals surface area contributed by atoms with Crippen LogP contribution in [0.3, 0.4) is 0 Å². The first-order chi connectivity index (χ1) is 13.0. The Balaban J connectivity index is 1.85. The van der Waals surface area contributed by atoms with Gasteiger partial charge in [-0.25, -0.2) is 0 Å². The second-order valence-corrected chi connectivity index (χ2v) is 7.02. The topological polar surface area (TPSA) is 65.9 Å². The van der Waals surface area contributed by atoms with Crippen molar-refractivity contribution in [3.8, 4) is 5.75 Å². The van der Waals surface area contributed by atoms with E-state index in [0.717, 1.165) is 42.7 Å². The number of hydrogen-bond donors (Lipinski definition) is 1. The summed E-state index contributed by atoms with van der Waals surface area (Å²) < 4.78 is 5.45. The number of benzene rings is 1. The Morgan fingerprint density at radius 3 is 2.70 bits per heavy atom. The Morgan fingerprint density at radius 2 is 2.00 bits per heavy atom. The van der Waals surface area contributed by atoms with Crippen molar-refractivity contribution in [3.63, 3.8) is 0 Å². The summed E-state index contributed by atoms with van der Waals surface area (Å²) in [6, 6.07) is 7.04. The highest BCUT2D eigenvalue weighted by molar-refractivity contribution is 5.77. The molecule has 0 aliphatic carbocycles. The number of hydrogen-bond acceptors (Lipinski definition) is 5. The van der Waals surface area contributed by atoms with E-state index in [4.69, 9.17) is 4.74 Å². The Morgan fingerprint density at radius 1 is 1.19 bits per heavy atom. The van der Waals surface area contributed by atoms with Gasteiger partial charge in [-0.3, -0.25) is 14.7 Å². The van der Waals surface area contributed by atoms with E-state index in [1.165, 1.54) is 5.69 Å². The standard InChI is InChI=1S/C21H27N3O3/c1-15-5-6-19(27-3)17(13-15)20(21(25)26)24-10-4-9-23(11-12-24)18-7-8-22-14-16(18)2/h5-8,13-14,20H,4,9-12H2,1-3H3,(H,25,26). The molecule has 3 rings (SSSR count). The fourth-order valence-electron chi connectivity index (χ4n) is 3.81. The largest absolute Gasteiger partial charge is 0.496 e. The maximum atomic E-state index is 12.2. The number of anilines is 1. The van der Waals surface area contributed by atoms with E-state index in [1.54, 1.807) is 7.11 Å². The van der Waals surface area contributed by atoms with E-state index in [9.17, 15) is 9.90 Å². The van der Waals surface area contributed by atoms with Gasteiger partial charge in [-0.15, -0.1) is 0 Å². The minimum absolute atomic E-state index is 0.624. The minimum Gasteiger partial charge on any atom is -0.496 e. The van der Waals surface area contributed by atoms with Gasteiger partial charge in [0.2, 0.25) is 0 Å². The summed E-state index contributed by atoms with van der Waals surface area (Å²) in [5.41, 5.74) is 4.06. The molecule has 0 spiro atoms. The summed E-state index contributed by atoms with van der Waals surface area (Å²) in [5.74, 6) is -0.216. The number of ether oxygens (including phenoxy) is 1. The average molecular weight is 369 g/mol. The van der Waals surface area contributed by atoms with E-state index >= 15 is 0 Å². The maximum Gasteiger partial charge on any atom is 0.325 e. The number of pyridine rings is 1. The summed E-state index contributed by atoms with van der Waals surface area (Å²) in [6.45, 7) is 7.12. The molecule has 1 aromatic carbocycles. The molecular weight excluding hydrogens is 342 g/mol. The third-order valence-electron chi connectivity index (χ3n) is 5.14. The molecule has 6 nitrogen and oxygen atoms in total.